The summed E-state index contributed by atoms with van der Waals surface area (Å²) in [5.74, 6) is 0.290. The topological polar surface area (TPSA) is 201 Å². The van der Waals surface area contributed by atoms with Crippen molar-refractivity contribution in [3.63, 3.8) is 0 Å². The molecule has 2 saturated heterocycles. The normalized spacial score (nSPS) is 22.0. The van der Waals surface area contributed by atoms with Gasteiger partial charge >= 0.3 is 6.03 Å². The van der Waals surface area contributed by atoms with E-state index < -0.39 is 17.0 Å². The fourth-order valence-electron chi connectivity index (χ4n) is 13.5. The number of aliphatic imine (C=N–C) groups is 1. The summed E-state index contributed by atoms with van der Waals surface area (Å²) < 4.78 is 0. The smallest absolute Gasteiger partial charge is 0.327 e. The summed E-state index contributed by atoms with van der Waals surface area (Å²) >= 11 is 0. The summed E-state index contributed by atoms with van der Waals surface area (Å²) in [6, 6.07) is -1.08. The highest BCUT2D eigenvalue weighted by atomic mass is 16.2. The van der Waals surface area contributed by atoms with Crippen molar-refractivity contribution in [1.29, 1.82) is 0 Å². The van der Waals surface area contributed by atoms with Crippen LogP contribution in [0, 0.1) is 61.1 Å². The van der Waals surface area contributed by atoms with Crippen LogP contribution < -0.4 is 0 Å². The van der Waals surface area contributed by atoms with Gasteiger partial charge in [0.1, 0.15) is 23.8 Å². The molecule has 6 heterocycles. The number of amides is 8. The molecule has 18 nitrogen and oxygen atoms in total. The van der Waals surface area contributed by atoms with Crippen LogP contribution in [0.4, 0.5) is 4.79 Å². The van der Waals surface area contributed by atoms with E-state index in [1.54, 1.807) is 35.0 Å². The number of urea groups is 1. The minimum absolute atomic E-state index is 0. The van der Waals surface area contributed by atoms with Gasteiger partial charge < -0.3 is 14.7 Å². The number of hydrogen-bond donors (Lipinski definition) is 0. The van der Waals surface area contributed by atoms with Crippen molar-refractivity contribution < 1.29 is 43.2 Å². The summed E-state index contributed by atoms with van der Waals surface area (Å²) in [7, 11) is 5.46. The third-order valence-electron chi connectivity index (χ3n) is 17.4. The Balaban J connectivity index is -0.000000172. The lowest BCUT2D eigenvalue weighted by atomic mass is 9.75. The molecule has 6 aliphatic heterocycles. The number of carbonyl (C=O) groups is 9. The van der Waals surface area contributed by atoms with Gasteiger partial charge in [-0.1, -0.05) is 238 Å². The average molecular weight is 1460 g/mol. The lowest BCUT2D eigenvalue weighted by Crippen LogP contribution is -2.54. The number of hydrazone groups is 1. The first-order valence-corrected chi connectivity index (χ1v) is 34.8. The lowest BCUT2D eigenvalue weighted by Gasteiger charge is -2.40. The van der Waals surface area contributed by atoms with Gasteiger partial charge in [0, 0.05) is 60.8 Å². The minimum Gasteiger partial charge on any atom is -0.367 e. The first-order chi connectivity index (χ1) is 42.1. The molecule has 8 amide bonds. The van der Waals surface area contributed by atoms with Gasteiger partial charge in [0.15, 0.2) is 11.6 Å². The molecule has 2 fully saturated rings. The maximum Gasteiger partial charge on any atom is 0.327 e. The van der Waals surface area contributed by atoms with Crippen LogP contribution in [-0.2, 0) is 38.4 Å². The Labute approximate surface area is 637 Å². The molecule has 18 heteroatoms. The van der Waals surface area contributed by atoms with Crippen LogP contribution in [0.25, 0.3) is 0 Å². The Morgan fingerprint density at radius 3 is 0.932 bits per heavy atom. The van der Waals surface area contributed by atoms with Crippen molar-refractivity contribution in [2.75, 3.05) is 21.1 Å². The van der Waals surface area contributed by atoms with E-state index in [1.165, 1.54) is 15.9 Å². The van der Waals surface area contributed by atoms with Crippen molar-refractivity contribution in [2.45, 2.75) is 382 Å². The van der Waals surface area contributed by atoms with Crippen LogP contribution in [-0.4, -0.2) is 166 Å². The number of carbonyl (C=O) groups excluding carboxylic acids is 9. The largest absolute Gasteiger partial charge is 0.367 e. The van der Waals surface area contributed by atoms with Crippen LogP contribution >= 0.6 is 0 Å². The molecule has 7 atom stereocenters. The maximum atomic E-state index is 12.5. The Morgan fingerprint density at radius 1 is 0.359 bits per heavy atom. The second kappa shape index (κ2) is 38.3. The van der Waals surface area contributed by atoms with Gasteiger partial charge in [-0.25, -0.2) is 9.80 Å². The zero-order valence-corrected chi connectivity index (χ0v) is 69.4. The number of rotatable bonds is 0. The van der Waals surface area contributed by atoms with Crippen molar-refractivity contribution in [3.8, 4) is 0 Å². The van der Waals surface area contributed by atoms with Gasteiger partial charge in [-0.3, -0.25) is 58.0 Å². The van der Waals surface area contributed by atoms with E-state index in [-0.39, 0.29) is 190 Å². The number of hydrogen-bond acceptors (Lipinski definition) is 12. The molecule has 6 aliphatic rings. The van der Waals surface area contributed by atoms with E-state index in [0.717, 1.165) is 22.8 Å². The molecule has 0 N–H and O–H groups in total. The molecule has 0 spiro atoms. The second-order valence-electron chi connectivity index (χ2n) is 39.4. The minimum atomic E-state index is -0.485. The molecular formula is C85H169N9O9. The highest BCUT2D eigenvalue weighted by Crippen LogP contribution is 2.44. The van der Waals surface area contributed by atoms with Crippen molar-refractivity contribution >= 4 is 64.6 Å². The molecule has 608 valence electrons. The predicted molar refractivity (Wildman–Crippen MR) is 443 cm³/mol. The molecule has 0 aromatic carbocycles. The second-order valence-corrected chi connectivity index (χ2v) is 39.4. The van der Waals surface area contributed by atoms with Crippen LogP contribution in [0.3, 0.4) is 0 Å². The van der Waals surface area contributed by atoms with Gasteiger partial charge in [-0.05, 0) is 147 Å². The van der Waals surface area contributed by atoms with Crippen LogP contribution in [0.2, 0.25) is 0 Å². The number of likely N-dealkylation sites (tertiary alicyclic amines) is 1. The fourth-order valence-corrected chi connectivity index (χ4v) is 13.5. The summed E-state index contributed by atoms with van der Waals surface area (Å²) in [6.45, 7) is 82.3. The number of likely N-dealkylation sites (N-methyl/N-ethyl adjacent to an activating group) is 3. The van der Waals surface area contributed by atoms with Gasteiger partial charge in [-0.15, -0.1) is 0 Å². The molecule has 0 bridgehead atoms. The van der Waals surface area contributed by atoms with Gasteiger partial charge in [0.2, 0.25) is 11.8 Å². The highest BCUT2D eigenvalue weighted by Gasteiger charge is 2.55. The van der Waals surface area contributed by atoms with E-state index in [1.807, 2.05) is 206 Å². The van der Waals surface area contributed by atoms with Gasteiger partial charge in [0.05, 0.1) is 29.5 Å². The molecular weight excluding hydrogens is 1290 g/mol. The number of ketones is 2. The monoisotopic (exact) mass is 1460 g/mol. The summed E-state index contributed by atoms with van der Waals surface area (Å²) in [4.78, 5) is 124. The van der Waals surface area contributed by atoms with E-state index in [2.05, 4.69) is 105 Å². The van der Waals surface area contributed by atoms with E-state index >= 15 is 0 Å². The van der Waals surface area contributed by atoms with Crippen LogP contribution in [0.15, 0.2) is 33.5 Å². The number of imide groups is 2. The fraction of sp³-hybridized carbons (Fsp3) is 0.824. The van der Waals surface area contributed by atoms with E-state index in [4.69, 9.17) is 0 Å². The molecule has 0 aromatic heterocycles. The SMILES string of the molecule is C.C.C.C.C.C.C.CC.CC(C)(C)C1C=CC(=O)N(C(C)(C)C)C1=O.CC1=C(C(C)(C)C)C(=O)C(C(C)(C)C)N1C.CC1=NC(C(C)(C)C)C(=O)N1C(C)(C)C.CC1=NN(C(C)(C)C)C(=O)C1C(C)(C)C.CN1C(=O)C(C(C)(C)C)C(=O)C1C(C)(C)C.CN1C(=O)N(C(C)(C)C)C(=O)C1C(C)(C)C. The number of Topliss-reactive ketones (excluding diaryl/α,β-unsaturated/α-hetero) is 2. The molecule has 0 aliphatic carbocycles. The van der Waals surface area contributed by atoms with E-state index in [9.17, 15) is 43.2 Å². The quantitative estimate of drug-likeness (QED) is 0.128. The van der Waals surface area contributed by atoms with Crippen LogP contribution in [0.5, 0.6) is 0 Å². The van der Waals surface area contributed by atoms with Crippen molar-refractivity contribution in [3.05, 3.63) is 23.4 Å². The predicted octanol–water partition coefficient (Wildman–Crippen LogP) is 20.4. The maximum absolute atomic E-state index is 12.5. The highest BCUT2D eigenvalue weighted by molar-refractivity contribution is 6.12. The average Bonchev–Trinajstić information content (AvgIpc) is 1.70. The Morgan fingerprint density at radius 2 is 0.728 bits per heavy atom. The Hall–Kier alpha value is -5.55. The Kier molecular flexibility index (Phi) is 42.1. The standard InChI is InChI=1S/C14H25NO.C13H23NO2.C13H21NO2.C12H22N2O2.2C12H22N2O.C2H6.7CH4/c1-9-10(13(2,3)4)11(16)12(15(9)8)14(5,6)7;1-12(2,3)8-9(15)10(13(4,5)6)14(7)11(8)16;1-12(2,3)9-7-8-10(15)14(11(9)16)13(4,5)6;1-11(2,3)8-9(15)14(12(4,5)6)10(16)13(8)7;1-8-13-9(11(2,3)4)10(15)14(8)12(5,6)7;1-8-9(11(2,3)4)10(15)14(13-8)12(5,6)7;1-2;;;;;;;/h12H,1-8H3;8,10H,1-7H3;7-9H,1-6H3;8H,1-7H3;2*9H,1-7H3;1-2H3;7*1H4. The number of amidine groups is 1. The summed E-state index contributed by atoms with van der Waals surface area (Å²) in [5, 5.41) is 6.01. The first kappa shape index (κ1) is 113. The molecule has 0 aromatic rings. The van der Waals surface area contributed by atoms with Gasteiger partial charge in [0.25, 0.3) is 23.6 Å². The van der Waals surface area contributed by atoms with Crippen molar-refractivity contribution in [1.82, 2.24) is 34.4 Å². The number of allylic oxidation sites excluding steroid dienone is 1. The molecule has 7 unspecified atom stereocenters. The lowest BCUT2D eigenvalue weighted by molar-refractivity contribution is -0.153. The summed E-state index contributed by atoms with van der Waals surface area (Å²) in [5.41, 5.74) is 0.657. The third-order valence-corrected chi connectivity index (χ3v) is 17.4. The van der Waals surface area contributed by atoms with Crippen LogP contribution in [0.1, 0.15) is 336 Å². The summed E-state index contributed by atoms with van der Waals surface area (Å²) in [6.07, 6.45) is 3.25. The number of nitrogens with zero attached hydrogens (tertiary/aromatic N) is 9. The van der Waals surface area contributed by atoms with Crippen molar-refractivity contribution in [2.24, 2.45) is 71.2 Å². The first-order valence-electron chi connectivity index (χ1n) is 34.8. The molecule has 103 heavy (non-hydrogen) atoms. The Bertz CT molecular complexity index is 2840. The van der Waals surface area contributed by atoms with E-state index in [0.29, 0.717) is 5.78 Å². The molecule has 0 saturated carbocycles. The zero-order valence-electron chi connectivity index (χ0n) is 69.4. The van der Waals surface area contributed by atoms with Gasteiger partial charge in [-0.2, -0.15) is 5.10 Å². The zero-order chi connectivity index (χ0) is 77.4. The molecule has 0 radical (unpaired) electrons. The molecule has 6 rings (SSSR count). The third kappa shape index (κ3) is 28.0.